The third-order valence-electron chi connectivity index (χ3n) is 9.01. The van der Waals surface area contributed by atoms with E-state index in [9.17, 15) is 24.3 Å². The molecule has 56 heavy (non-hydrogen) atoms. The van der Waals surface area contributed by atoms with Crippen LogP contribution in [0, 0.1) is 5.92 Å². The number of carbonyl (C=O) groups is 4. The van der Waals surface area contributed by atoms with Crippen molar-refractivity contribution in [2.45, 2.75) is 136 Å². The van der Waals surface area contributed by atoms with Gasteiger partial charge in [0.2, 0.25) is 5.91 Å². The largest absolute Gasteiger partial charge is 0.481 e. The van der Waals surface area contributed by atoms with Gasteiger partial charge in [-0.05, 0) is 67.4 Å². The smallest absolute Gasteiger partial charge is 0.407 e. The topological polar surface area (TPSA) is 217 Å². The van der Waals surface area contributed by atoms with Crippen LogP contribution in [0.3, 0.4) is 0 Å². The molecule has 6 rings (SSSR count). The van der Waals surface area contributed by atoms with Crippen molar-refractivity contribution in [2.24, 2.45) is 5.92 Å². The summed E-state index contributed by atoms with van der Waals surface area (Å²) in [4.78, 5) is 62.9. The van der Waals surface area contributed by atoms with Gasteiger partial charge in [0.05, 0.1) is 43.4 Å². The van der Waals surface area contributed by atoms with E-state index in [1.807, 2.05) is 39.8 Å². The van der Waals surface area contributed by atoms with E-state index < -0.39 is 59.2 Å². The van der Waals surface area contributed by atoms with Crippen molar-refractivity contribution in [1.29, 1.82) is 0 Å². The number of ether oxygens (including phenoxy) is 4. The molecule has 308 valence electrons. The van der Waals surface area contributed by atoms with Crippen molar-refractivity contribution in [3.05, 3.63) is 48.5 Å². The minimum absolute atomic E-state index is 0. The van der Waals surface area contributed by atoms with Crippen LogP contribution in [-0.2, 0) is 39.9 Å². The van der Waals surface area contributed by atoms with Crippen molar-refractivity contribution < 1.29 is 48.3 Å². The first kappa shape index (κ1) is 43.9. The molecule has 2 aromatic heterocycles. The van der Waals surface area contributed by atoms with E-state index in [0.717, 1.165) is 5.56 Å². The molecule has 2 aliphatic heterocycles. The maximum atomic E-state index is 12.6. The summed E-state index contributed by atoms with van der Waals surface area (Å²) in [5.74, 6) is -2.29. The summed E-state index contributed by atoms with van der Waals surface area (Å²) in [7, 11) is 0. The molecule has 0 unspecified atom stereocenters. The molecule has 17 nitrogen and oxygen atoms in total. The number of hydrogen-bond acceptors (Lipinski definition) is 13. The summed E-state index contributed by atoms with van der Waals surface area (Å²) in [5, 5.41) is 24.7. The second kappa shape index (κ2) is 17.5. The molecule has 1 aromatic carbocycles. The number of nitrogens with zero attached hydrogens (tertiary/aromatic N) is 5. The molecule has 0 radical (unpaired) electrons. The van der Waals surface area contributed by atoms with Gasteiger partial charge in [0.1, 0.15) is 35.3 Å². The average molecular weight is 784 g/mol. The van der Waals surface area contributed by atoms with Crippen LogP contribution in [0.25, 0.3) is 11.2 Å². The Labute approximate surface area is 327 Å². The Morgan fingerprint density at radius 1 is 1.00 bits per heavy atom. The molecule has 3 aromatic rings. The predicted octanol–water partition coefficient (Wildman–Crippen LogP) is 4.44. The van der Waals surface area contributed by atoms with Gasteiger partial charge in [-0.25, -0.2) is 19.7 Å². The van der Waals surface area contributed by atoms with Crippen LogP contribution in [-0.4, -0.2) is 113 Å². The lowest BCUT2D eigenvalue weighted by Crippen LogP contribution is -2.42. The fraction of sp³-hybridized carbons (Fsp3) is 0.615. The number of aliphatic hydroxyl groups is 1. The zero-order valence-corrected chi connectivity index (χ0v) is 32.6. The van der Waals surface area contributed by atoms with E-state index in [1.165, 1.54) is 6.33 Å². The third kappa shape index (κ3) is 11.4. The van der Waals surface area contributed by atoms with Crippen molar-refractivity contribution in [2.75, 3.05) is 18.5 Å². The first-order valence-electron chi connectivity index (χ1n) is 18.4. The van der Waals surface area contributed by atoms with E-state index in [0.29, 0.717) is 42.9 Å². The Morgan fingerprint density at radius 3 is 2.29 bits per heavy atom. The summed E-state index contributed by atoms with van der Waals surface area (Å²) in [6.07, 6.45) is 2.09. The number of nitrogens with one attached hydrogen (secondary N) is 2. The molecule has 0 bridgehead atoms. The SMILES string of the molecule is C.CC(C)(C)OC(=O)C[C@@H](CO)NC(=O)OC(C)(C)C.CC1(C)O[C@@H]2[C@H](O1)[C@@H](C(=O)O)C[C@H]2n1cnc2c(N[C@H]3CC(=O)N(Cc4ccccc4)C3)ncnc21. The summed E-state index contributed by atoms with van der Waals surface area (Å²) in [6.45, 7) is 14.8. The molecule has 1 saturated carbocycles. The van der Waals surface area contributed by atoms with Crippen molar-refractivity contribution in [3.63, 3.8) is 0 Å². The average Bonchev–Trinajstić information content (AvgIpc) is 3.81. The quantitative estimate of drug-likeness (QED) is 0.209. The summed E-state index contributed by atoms with van der Waals surface area (Å²) in [6, 6.07) is 8.80. The fourth-order valence-corrected chi connectivity index (χ4v) is 6.91. The number of esters is 1. The van der Waals surface area contributed by atoms with Crippen molar-refractivity contribution >= 4 is 40.9 Å². The Morgan fingerprint density at radius 2 is 1.66 bits per heavy atom. The van der Waals surface area contributed by atoms with Gasteiger partial charge in [0.15, 0.2) is 17.3 Å². The molecule has 1 aliphatic carbocycles. The van der Waals surface area contributed by atoms with E-state index in [4.69, 9.17) is 24.1 Å². The number of imidazole rings is 1. The van der Waals surface area contributed by atoms with Gasteiger partial charge in [-0.3, -0.25) is 14.4 Å². The van der Waals surface area contributed by atoms with E-state index in [1.54, 1.807) is 61.7 Å². The van der Waals surface area contributed by atoms with Gasteiger partial charge >= 0.3 is 18.0 Å². The normalized spacial score (nSPS) is 23.3. The minimum Gasteiger partial charge on any atom is -0.481 e. The fourth-order valence-electron chi connectivity index (χ4n) is 6.91. The van der Waals surface area contributed by atoms with Gasteiger partial charge in [-0.2, -0.15) is 0 Å². The number of anilines is 1. The van der Waals surface area contributed by atoms with E-state index in [-0.39, 0.29) is 38.4 Å². The van der Waals surface area contributed by atoms with Crippen LogP contribution in [0.15, 0.2) is 43.0 Å². The lowest BCUT2D eigenvalue weighted by Gasteiger charge is -2.24. The van der Waals surface area contributed by atoms with Crippen LogP contribution in [0.4, 0.5) is 10.6 Å². The molecule has 3 aliphatic rings. The third-order valence-corrected chi connectivity index (χ3v) is 9.01. The molecule has 2 amide bonds. The number of rotatable bonds is 10. The maximum absolute atomic E-state index is 12.6. The molecular formula is C39H57N7O10. The maximum Gasteiger partial charge on any atom is 0.407 e. The lowest BCUT2D eigenvalue weighted by atomic mass is 10.1. The molecule has 0 spiro atoms. The predicted molar refractivity (Wildman–Crippen MR) is 205 cm³/mol. The molecular weight excluding hydrogens is 726 g/mol. The van der Waals surface area contributed by atoms with Crippen molar-refractivity contribution in [1.82, 2.24) is 29.7 Å². The first-order valence-corrected chi connectivity index (χ1v) is 18.4. The Bertz CT molecular complexity index is 1810. The number of carboxylic acids is 1. The number of aliphatic carboxylic acids is 1. The van der Waals surface area contributed by atoms with E-state index >= 15 is 0 Å². The lowest BCUT2D eigenvalue weighted by molar-refractivity contribution is -0.168. The Hall–Kier alpha value is -4.87. The standard InChI is InChI=1S/C25H28N6O5.C13H25NO5.CH4/c1-25(2)35-20-16(24(33)34)9-17(21(20)36-25)31-13-28-19-22(26-12-27-23(19)31)29-15-8-18(32)30(11-15)10-14-6-4-3-5-7-14;1-12(2,3)18-10(16)7-9(8-15)14-11(17)19-13(4,5)6;/h3-7,12-13,15-17,20-21H,8-11H2,1-2H3,(H,33,34)(H,26,27,29);9,15H,7-8H2,1-6H3,(H,14,17);1H4/t15-,16-,17+,20+,21-;9-;/m00./s1. The van der Waals surface area contributed by atoms with Crippen LogP contribution in [0.2, 0.25) is 0 Å². The Balaban J connectivity index is 0.000000299. The first-order chi connectivity index (χ1) is 25.7. The highest BCUT2D eigenvalue weighted by molar-refractivity contribution is 5.85. The Kier molecular flexibility index (Phi) is 13.7. The number of aliphatic hydroxyl groups excluding tert-OH is 1. The van der Waals surface area contributed by atoms with Crippen LogP contribution >= 0.6 is 0 Å². The highest BCUT2D eigenvalue weighted by atomic mass is 16.8. The van der Waals surface area contributed by atoms with Gasteiger partial charge in [0, 0.05) is 19.5 Å². The van der Waals surface area contributed by atoms with Crippen LogP contribution in [0.5, 0.6) is 0 Å². The number of fused-ring (bicyclic) bond motifs is 2. The molecule has 2 saturated heterocycles. The zero-order valence-electron chi connectivity index (χ0n) is 32.6. The molecule has 4 N–H and O–H groups in total. The zero-order chi connectivity index (χ0) is 40.3. The highest BCUT2D eigenvalue weighted by Crippen LogP contribution is 2.47. The number of likely N-dealkylation sites (tertiary alicyclic amines) is 1. The summed E-state index contributed by atoms with van der Waals surface area (Å²) in [5.41, 5.74) is 1.02. The van der Waals surface area contributed by atoms with E-state index in [2.05, 4.69) is 25.6 Å². The summed E-state index contributed by atoms with van der Waals surface area (Å²) >= 11 is 0. The number of alkyl carbamates (subject to hydrolysis) is 1. The molecule has 3 fully saturated rings. The van der Waals surface area contributed by atoms with Gasteiger partial charge < -0.3 is 49.3 Å². The van der Waals surface area contributed by atoms with Gasteiger partial charge in [-0.15, -0.1) is 0 Å². The van der Waals surface area contributed by atoms with Crippen LogP contribution in [0.1, 0.15) is 93.7 Å². The second-order valence-electron chi connectivity index (χ2n) is 16.5. The number of carboxylic acid groups (broad SMARTS) is 1. The number of hydrogen-bond donors (Lipinski definition) is 4. The minimum atomic E-state index is -0.902. The monoisotopic (exact) mass is 783 g/mol. The number of benzene rings is 1. The number of aromatic nitrogens is 4. The number of carbonyl (C=O) groups excluding carboxylic acids is 3. The molecule has 17 heteroatoms. The second-order valence-corrected chi connectivity index (χ2v) is 16.5. The van der Waals surface area contributed by atoms with Gasteiger partial charge in [-0.1, -0.05) is 37.8 Å². The highest BCUT2D eigenvalue weighted by Gasteiger charge is 2.57. The van der Waals surface area contributed by atoms with Gasteiger partial charge in [0.25, 0.3) is 0 Å². The van der Waals surface area contributed by atoms with Crippen LogP contribution < -0.4 is 10.6 Å². The summed E-state index contributed by atoms with van der Waals surface area (Å²) < 4.78 is 24.1. The molecule has 6 atom stereocenters. The molecule has 4 heterocycles. The number of amides is 2. The van der Waals surface area contributed by atoms with Crippen molar-refractivity contribution in [3.8, 4) is 0 Å².